The SMILES string of the molecule is COc1cc(-c2ccc(F)cc2F)cc(C(CC(=O)O)NC(=O)NC2C(=O)C=C(C)N(C)C2=O)c1.[NaH]. The second-order valence-electron chi connectivity index (χ2n) is 7.91. The van der Waals surface area contributed by atoms with E-state index in [0.717, 1.165) is 6.07 Å². The number of nitrogens with zero attached hydrogens (tertiary/aromatic N) is 1. The zero-order valence-electron chi connectivity index (χ0n) is 19.1. The first-order valence-corrected chi connectivity index (χ1v) is 10.4. The third-order valence-electron chi connectivity index (χ3n) is 5.51. The summed E-state index contributed by atoms with van der Waals surface area (Å²) >= 11 is 0. The van der Waals surface area contributed by atoms with Crippen LogP contribution in [0.4, 0.5) is 13.6 Å². The van der Waals surface area contributed by atoms with E-state index in [2.05, 4.69) is 10.6 Å². The second kappa shape index (κ2) is 12.1. The molecule has 0 radical (unpaired) electrons. The number of nitrogens with one attached hydrogen (secondary N) is 2. The zero-order valence-corrected chi connectivity index (χ0v) is 19.1. The van der Waals surface area contributed by atoms with Crippen LogP contribution in [0.3, 0.4) is 0 Å². The van der Waals surface area contributed by atoms with Gasteiger partial charge in [-0.2, -0.15) is 0 Å². The first-order valence-electron chi connectivity index (χ1n) is 10.4. The van der Waals surface area contributed by atoms with Crippen molar-refractivity contribution in [1.29, 1.82) is 0 Å². The maximum atomic E-state index is 14.4. The Hall–Kier alpha value is -3.28. The third kappa shape index (κ3) is 6.68. The van der Waals surface area contributed by atoms with Gasteiger partial charge in [-0.05, 0) is 48.4 Å². The first kappa shape index (κ1) is 29.0. The van der Waals surface area contributed by atoms with E-state index in [4.69, 9.17) is 4.74 Å². The van der Waals surface area contributed by atoms with Gasteiger partial charge in [0.1, 0.15) is 17.4 Å². The molecule has 2 aromatic rings. The quantitative estimate of drug-likeness (QED) is 0.386. The number of hydrogen-bond donors (Lipinski definition) is 3. The van der Waals surface area contributed by atoms with Crippen LogP contribution in [0.2, 0.25) is 0 Å². The number of allylic oxidation sites excluding steroid dienone is 1. The Balaban J connectivity index is 0.00000456. The van der Waals surface area contributed by atoms with Crippen LogP contribution in [0.1, 0.15) is 24.9 Å². The van der Waals surface area contributed by atoms with Gasteiger partial charge in [-0.3, -0.25) is 14.4 Å². The number of benzene rings is 2. The molecule has 12 heteroatoms. The van der Waals surface area contributed by atoms with Gasteiger partial charge in [0.25, 0.3) is 5.91 Å². The number of carboxylic acids is 1. The predicted molar refractivity (Wildman–Crippen MR) is 127 cm³/mol. The van der Waals surface area contributed by atoms with Crippen LogP contribution in [0.15, 0.2) is 48.2 Å². The summed E-state index contributed by atoms with van der Waals surface area (Å²) in [4.78, 5) is 50.0. The molecule has 3 rings (SSSR count). The second-order valence-corrected chi connectivity index (χ2v) is 7.91. The van der Waals surface area contributed by atoms with Crippen molar-refractivity contribution in [2.75, 3.05) is 14.2 Å². The summed E-state index contributed by atoms with van der Waals surface area (Å²) < 4.78 is 33.0. The fourth-order valence-corrected chi connectivity index (χ4v) is 3.59. The monoisotopic (exact) mass is 511 g/mol. The summed E-state index contributed by atoms with van der Waals surface area (Å²) in [6.45, 7) is 1.57. The number of rotatable bonds is 7. The Morgan fingerprint density at radius 2 is 1.86 bits per heavy atom. The molecule has 0 bridgehead atoms. The van der Waals surface area contributed by atoms with Crippen LogP contribution in [-0.2, 0) is 14.4 Å². The number of hydrogen-bond acceptors (Lipinski definition) is 5. The normalized spacial score (nSPS) is 16.0. The third-order valence-corrected chi connectivity index (χ3v) is 5.51. The standard InChI is InChI=1S/C24H23F2N3O6.Na.H/c1-12-6-20(30)22(23(33)29(12)2)28-24(34)27-19(11-21(31)32)14-7-13(8-16(9-14)35-3)17-5-4-15(25)10-18(17)26;;/h4-10,19,22H,11H2,1-3H3,(H,31,32)(H2,27,28,34);;. The molecule has 1 aliphatic heterocycles. The van der Waals surface area contributed by atoms with Gasteiger partial charge in [0.05, 0.1) is 19.6 Å². The Morgan fingerprint density at radius 3 is 2.47 bits per heavy atom. The van der Waals surface area contributed by atoms with E-state index < -0.39 is 53.8 Å². The average Bonchev–Trinajstić information content (AvgIpc) is 2.79. The number of ketones is 1. The molecule has 36 heavy (non-hydrogen) atoms. The molecule has 9 nitrogen and oxygen atoms in total. The van der Waals surface area contributed by atoms with Gasteiger partial charge >= 0.3 is 41.6 Å². The van der Waals surface area contributed by atoms with Crippen molar-refractivity contribution in [3.05, 3.63) is 65.4 Å². The van der Waals surface area contributed by atoms with Gasteiger partial charge in [-0.1, -0.05) is 0 Å². The molecule has 0 saturated heterocycles. The fraction of sp³-hybridized carbons (Fsp3) is 0.250. The summed E-state index contributed by atoms with van der Waals surface area (Å²) in [6.07, 6.45) is 0.643. The van der Waals surface area contributed by atoms with E-state index in [1.54, 1.807) is 6.92 Å². The molecule has 1 heterocycles. The topological polar surface area (TPSA) is 125 Å². The number of likely N-dealkylation sites (N-methyl/N-ethyl adjacent to an activating group) is 1. The molecular formula is C24H24F2N3NaO6. The van der Waals surface area contributed by atoms with Gasteiger partial charge < -0.3 is 25.4 Å². The number of amides is 3. The van der Waals surface area contributed by atoms with Crippen LogP contribution < -0.4 is 15.4 Å². The minimum atomic E-state index is -1.47. The number of carbonyl (C=O) groups excluding carboxylic acids is 3. The molecule has 2 aromatic carbocycles. The van der Waals surface area contributed by atoms with Crippen molar-refractivity contribution in [3.8, 4) is 16.9 Å². The summed E-state index contributed by atoms with van der Waals surface area (Å²) in [5.41, 5.74) is 0.955. The predicted octanol–water partition coefficient (Wildman–Crippen LogP) is 2.12. The van der Waals surface area contributed by atoms with Crippen LogP contribution in [-0.4, -0.2) is 83.5 Å². The van der Waals surface area contributed by atoms with Gasteiger partial charge in [0, 0.05) is 30.5 Å². The summed E-state index contributed by atoms with van der Waals surface area (Å²) in [5.74, 6) is -3.89. The molecule has 0 fully saturated rings. The molecule has 1 aliphatic rings. The molecule has 0 aromatic heterocycles. The molecule has 3 amide bonds. The summed E-state index contributed by atoms with van der Waals surface area (Å²) in [7, 11) is 2.80. The number of halogens is 2. The Bertz CT molecular complexity index is 1240. The molecule has 0 spiro atoms. The van der Waals surface area contributed by atoms with Gasteiger partial charge in [-0.15, -0.1) is 0 Å². The molecule has 0 saturated carbocycles. The van der Waals surface area contributed by atoms with E-state index in [-0.39, 0.29) is 52.0 Å². The van der Waals surface area contributed by atoms with Crippen molar-refractivity contribution < 1.29 is 37.8 Å². The Labute approximate surface area is 227 Å². The number of urea groups is 1. The van der Waals surface area contributed by atoms with Crippen molar-refractivity contribution in [2.45, 2.75) is 25.4 Å². The van der Waals surface area contributed by atoms with Crippen molar-refractivity contribution in [1.82, 2.24) is 15.5 Å². The van der Waals surface area contributed by atoms with E-state index in [1.807, 2.05) is 0 Å². The zero-order chi connectivity index (χ0) is 25.9. The van der Waals surface area contributed by atoms with E-state index >= 15 is 0 Å². The van der Waals surface area contributed by atoms with E-state index in [9.17, 15) is 33.1 Å². The molecule has 0 aliphatic carbocycles. The number of methoxy groups -OCH3 is 1. The van der Waals surface area contributed by atoms with Crippen LogP contribution in [0.25, 0.3) is 11.1 Å². The van der Waals surface area contributed by atoms with Crippen molar-refractivity contribution in [2.24, 2.45) is 0 Å². The number of carbonyl (C=O) groups is 4. The van der Waals surface area contributed by atoms with Crippen molar-refractivity contribution in [3.63, 3.8) is 0 Å². The van der Waals surface area contributed by atoms with E-state index in [1.165, 1.54) is 49.4 Å². The minimum absolute atomic E-state index is 0. The molecule has 2 unspecified atom stereocenters. The summed E-state index contributed by atoms with van der Waals surface area (Å²) in [5, 5.41) is 14.1. The van der Waals surface area contributed by atoms with Crippen LogP contribution in [0.5, 0.6) is 5.75 Å². The molecular weight excluding hydrogens is 487 g/mol. The summed E-state index contributed by atoms with van der Waals surface area (Å²) in [6, 6.07) is 3.80. The average molecular weight is 511 g/mol. The number of carboxylic acid groups (broad SMARTS) is 1. The molecule has 186 valence electrons. The Morgan fingerprint density at radius 1 is 1.17 bits per heavy atom. The van der Waals surface area contributed by atoms with Gasteiger partial charge in [0.2, 0.25) is 0 Å². The van der Waals surface area contributed by atoms with Crippen LogP contribution >= 0.6 is 0 Å². The number of ether oxygens (including phenoxy) is 1. The van der Waals surface area contributed by atoms with Gasteiger partial charge in [0.15, 0.2) is 11.8 Å². The Kier molecular flexibility index (Phi) is 9.74. The van der Waals surface area contributed by atoms with Crippen molar-refractivity contribution >= 4 is 53.2 Å². The molecule has 3 N–H and O–H groups in total. The molecule has 2 atom stereocenters. The maximum absolute atomic E-state index is 14.4. The van der Waals surface area contributed by atoms with Crippen LogP contribution in [0, 0.1) is 11.6 Å². The number of aliphatic carboxylic acids is 1. The van der Waals surface area contributed by atoms with E-state index in [0.29, 0.717) is 11.8 Å². The van der Waals surface area contributed by atoms with Gasteiger partial charge in [-0.25, -0.2) is 13.6 Å². The fourth-order valence-electron chi connectivity index (χ4n) is 3.59. The first-order chi connectivity index (χ1) is 16.5.